The minimum atomic E-state index is -1.11. The Kier molecular flexibility index (Phi) is 13.5. The van der Waals surface area contributed by atoms with Gasteiger partial charge in [-0.2, -0.15) is 11.8 Å². The summed E-state index contributed by atoms with van der Waals surface area (Å²) < 4.78 is 16.7. The molecular formula is C41H52N2O8S. The van der Waals surface area contributed by atoms with Crippen molar-refractivity contribution in [1.29, 1.82) is 0 Å². The van der Waals surface area contributed by atoms with Crippen molar-refractivity contribution in [3.8, 4) is 11.1 Å². The maximum atomic E-state index is 13.4. The van der Waals surface area contributed by atoms with Crippen LogP contribution in [0.1, 0.15) is 84.8 Å². The molecule has 280 valence electrons. The van der Waals surface area contributed by atoms with Crippen LogP contribution in [0.2, 0.25) is 0 Å². The first-order chi connectivity index (χ1) is 24.5. The van der Waals surface area contributed by atoms with Crippen LogP contribution in [0.25, 0.3) is 11.1 Å². The number of aliphatic hydroxyl groups is 1. The molecule has 0 fully saturated rings. The topological polar surface area (TPSA) is 141 Å². The van der Waals surface area contributed by atoms with Gasteiger partial charge in [-0.3, -0.25) is 9.79 Å². The van der Waals surface area contributed by atoms with Crippen LogP contribution >= 0.6 is 11.8 Å². The van der Waals surface area contributed by atoms with Gasteiger partial charge in [0.05, 0.1) is 11.3 Å². The van der Waals surface area contributed by atoms with E-state index in [4.69, 9.17) is 19.2 Å². The lowest BCUT2D eigenvalue weighted by Crippen LogP contribution is -2.46. The zero-order valence-electron chi connectivity index (χ0n) is 31.3. The molecule has 2 aromatic rings. The lowest BCUT2D eigenvalue weighted by atomic mass is 9.75. The largest absolute Gasteiger partial charge is 0.511 e. The van der Waals surface area contributed by atoms with Crippen molar-refractivity contribution in [2.24, 2.45) is 16.3 Å². The molecule has 0 saturated heterocycles. The number of hydrogen-bond acceptors (Lipinski definition) is 10. The van der Waals surface area contributed by atoms with Gasteiger partial charge < -0.3 is 24.6 Å². The summed E-state index contributed by atoms with van der Waals surface area (Å²) in [5, 5.41) is 13.7. The Morgan fingerprint density at radius 2 is 1.62 bits per heavy atom. The van der Waals surface area contributed by atoms with Crippen molar-refractivity contribution in [1.82, 2.24) is 5.32 Å². The smallest absolute Gasteiger partial charge is 0.407 e. The van der Waals surface area contributed by atoms with Gasteiger partial charge in [-0.25, -0.2) is 14.4 Å². The average molecular weight is 733 g/mol. The molecule has 2 atom stereocenters. The Labute approximate surface area is 311 Å². The predicted molar refractivity (Wildman–Crippen MR) is 205 cm³/mol. The fourth-order valence-corrected chi connectivity index (χ4v) is 7.45. The number of nitrogens with zero attached hydrogens (tertiary/aromatic N) is 1. The predicted octanol–water partition coefficient (Wildman–Crippen LogP) is 7.75. The summed E-state index contributed by atoms with van der Waals surface area (Å²) in [7, 11) is 0. The number of fused-ring (bicyclic) bond motifs is 3. The van der Waals surface area contributed by atoms with Crippen molar-refractivity contribution < 1.29 is 38.5 Å². The molecule has 10 nitrogen and oxygen atoms in total. The highest BCUT2D eigenvalue weighted by Crippen LogP contribution is 2.44. The number of rotatable bonds is 15. The second-order valence-corrected chi connectivity index (χ2v) is 16.5. The Bertz CT molecular complexity index is 1680. The highest BCUT2D eigenvalue weighted by molar-refractivity contribution is 7.99. The Balaban J connectivity index is 1.52. The molecule has 2 aliphatic rings. The number of carbonyl (C=O) groups is 4. The summed E-state index contributed by atoms with van der Waals surface area (Å²) in [5.41, 5.74) is 3.58. The summed E-state index contributed by atoms with van der Waals surface area (Å²) in [6, 6.07) is 13.8. The van der Waals surface area contributed by atoms with E-state index < -0.39 is 41.1 Å². The number of esters is 2. The van der Waals surface area contributed by atoms with E-state index in [9.17, 15) is 24.3 Å². The van der Waals surface area contributed by atoms with Crippen LogP contribution in [0.5, 0.6) is 0 Å². The van der Waals surface area contributed by atoms with E-state index in [-0.39, 0.29) is 60.1 Å². The van der Waals surface area contributed by atoms with Crippen molar-refractivity contribution in [3.63, 3.8) is 0 Å². The van der Waals surface area contributed by atoms with Gasteiger partial charge in [-0.1, -0.05) is 88.9 Å². The quantitative estimate of drug-likeness (QED) is 0.0814. The zero-order valence-corrected chi connectivity index (χ0v) is 32.1. The molecule has 11 heteroatoms. The minimum Gasteiger partial charge on any atom is -0.511 e. The first kappa shape index (κ1) is 40.4. The monoisotopic (exact) mass is 732 g/mol. The number of aliphatic hydroxyl groups excluding tert-OH is 1. The second kappa shape index (κ2) is 17.4. The number of hydrogen-bond donors (Lipinski definition) is 2. The van der Waals surface area contributed by atoms with Gasteiger partial charge in [-0.05, 0) is 60.8 Å². The molecule has 1 amide bonds. The number of amides is 1. The van der Waals surface area contributed by atoms with Gasteiger partial charge in [0.15, 0.2) is 11.8 Å². The molecule has 4 rings (SSSR count). The molecule has 0 saturated carbocycles. The summed E-state index contributed by atoms with van der Waals surface area (Å²) in [4.78, 5) is 57.9. The molecule has 0 bridgehead atoms. The Hall–Kier alpha value is -4.38. The molecule has 0 unspecified atom stereocenters. The number of carbonyl (C=O) groups excluding carboxylic acids is 4. The number of allylic oxidation sites excluding steroid dienone is 2. The summed E-state index contributed by atoms with van der Waals surface area (Å²) in [6.07, 6.45) is 1.57. The van der Waals surface area contributed by atoms with Crippen LogP contribution < -0.4 is 5.32 Å². The third kappa shape index (κ3) is 10.8. The Morgan fingerprint density at radius 3 is 2.17 bits per heavy atom. The van der Waals surface area contributed by atoms with E-state index in [0.29, 0.717) is 18.6 Å². The molecular weight excluding hydrogens is 681 g/mol. The summed E-state index contributed by atoms with van der Waals surface area (Å²) in [5.74, 6) is -1.58. The van der Waals surface area contributed by atoms with Crippen molar-refractivity contribution >= 4 is 41.3 Å². The van der Waals surface area contributed by atoms with E-state index >= 15 is 0 Å². The SMILES string of the molecule is C=CCOC(=O)[C@@H](CSC[C@H](NC(=O)OCC1c2ccccc2-c2ccccc21)C(=O)OC(C)(C)C)N=C(CC(C)C)C1=C(O)CC(C)(C)CC1=O. The average Bonchev–Trinajstić information content (AvgIpc) is 3.36. The number of ketones is 1. The number of ether oxygens (including phenoxy) is 3. The molecule has 0 aromatic heterocycles. The minimum absolute atomic E-state index is 0.0282. The van der Waals surface area contributed by atoms with E-state index in [2.05, 4.69) is 11.9 Å². The molecule has 2 aromatic carbocycles. The van der Waals surface area contributed by atoms with Gasteiger partial charge in [0.2, 0.25) is 0 Å². The van der Waals surface area contributed by atoms with Crippen LogP contribution in [0, 0.1) is 11.3 Å². The van der Waals surface area contributed by atoms with Gasteiger partial charge in [-0.15, -0.1) is 0 Å². The third-order valence-corrected chi connectivity index (χ3v) is 9.68. The molecule has 2 aliphatic carbocycles. The lowest BCUT2D eigenvalue weighted by molar-refractivity contribution is -0.156. The van der Waals surface area contributed by atoms with Crippen LogP contribution in [-0.2, 0) is 28.6 Å². The van der Waals surface area contributed by atoms with Crippen LogP contribution in [0.15, 0.2) is 77.5 Å². The number of thioether (sulfide) groups is 1. The molecule has 2 N–H and O–H groups in total. The lowest BCUT2D eigenvalue weighted by Gasteiger charge is -2.30. The molecule has 0 radical (unpaired) electrons. The third-order valence-electron chi connectivity index (χ3n) is 8.56. The summed E-state index contributed by atoms with van der Waals surface area (Å²) in [6.45, 7) is 16.6. The summed E-state index contributed by atoms with van der Waals surface area (Å²) >= 11 is 1.19. The molecule has 0 aliphatic heterocycles. The second-order valence-electron chi connectivity index (χ2n) is 15.5. The van der Waals surface area contributed by atoms with Crippen molar-refractivity contribution in [2.45, 2.75) is 91.3 Å². The first-order valence-electron chi connectivity index (χ1n) is 17.7. The standard InChI is InChI=1S/C41H52N2O8S/c1-9-18-49-37(46)32(42-31(19-25(2)3)36-34(44)20-41(7,8)21-35(36)45)23-52-24-33(38(47)51-40(4,5)6)43-39(48)50-22-30-28-16-12-10-14-26(28)27-15-11-13-17-29(27)30/h9-17,25,30,32-33,44H,1,18-24H2,2-8H3,(H,43,48)/t32-,33+/m1/s1. The molecule has 0 spiro atoms. The fraction of sp³-hybridized carbons (Fsp3) is 0.488. The van der Waals surface area contributed by atoms with Crippen LogP contribution in [0.3, 0.4) is 0 Å². The van der Waals surface area contributed by atoms with E-state index in [0.717, 1.165) is 22.3 Å². The highest BCUT2D eigenvalue weighted by Gasteiger charge is 2.36. The van der Waals surface area contributed by atoms with Crippen molar-refractivity contribution in [3.05, 3.63) is 83.6 Å². The van der Waals surface area contributed by atoms with Gasteiger partial charge in [0, 0.05) is 30.3 Å². The number of alkyl carbamates (subject to hydrolysis) is 1. The molecule has 52 heavy (non-hydrogen) atoms. The van der Waals surface area contributed by atoms with Crippen LogP contribution in [0.4, 0.5) is 4.79 Å². The van der Waals surface area contributed by atoms with Crippen molar-refractivity contribution in [2.75, 3.05) is 24.7 Å². The fourth-order valence-electron chi connectivity index (χ4n) is 6.43. The van der Waals surface area contributed by atoms with E-state index in [1.54, 1.807) is 20.8 Å². The van der Waals surface area contributed by atoms with Gasteiger partial charge in [0.25, 0.3) is 0 Å². The first-order valence-corrected chi connectivity index (χ1v) is 18.9. The normalized spacial score (nSPS) is 16.8. The number of aliphatic imine (C=N–C) groups is 1. The number of Topliss-reactive ketones (excluding diaryl/α,β-unsaturated/α-hetero) is 1. The van der Waals surface area contributed by atoms with E-state index in [1.165, 1.54) is 17.8 Å². The zero-order chi connectivity index (χ0) is 38.2. The maximum Gasteiger partial charge on any atom is 0.407 e. The maximum absolute atomic E-state index is 13.4. The molecule has 0 heterocycles. The Morgan fingerprint density at radius 1 is 1.00 bits per heavy atom. The van der Waals surface area contributed by atoms with E-state index in [1.807, 2.05) is 76.2 Å². The van der Waals surface area contributed by atoms with Crippen LogP contribution in [-0.4, -0.2) is 77.0 Å². The van der Waals surface area contributed by atoms with Gasteiger partial charge in [0.1, 0.15) is 30.6 Å². The van der Waals surface area contributed by atoms with Gasteiger partial charge >= 0.3 is 18.0 Å². The number of nitrogens with one attached hydrogen (secondary N) is 1. The number of benzene rings is 2. The highest BCUT2D eigenvalue weighted by atomic mass is 32.2.